The minimum absolute atomic E-state index is 0.748. The van der Waals surface area contributed by atoms with Crippen LogP contribution in [0.5, 0.6) is 0 Å². The van der Waals surface area contributed by atoms with Crippen molar-refractivity contribution < 1.29 is 36.2 Å². The maximum absolute atomic E-state index is 5.73. The van der Waals surface area contributed by atoms with Crippen LogP contribution in [0.3, 0.4) is 0 Å². The Morgan fingerprint density at radius 1 is 0.438 bits per heavy atom. The van der Waals surface area contributed by atoms with Crippen LogP contribution in [0.25, 0.3) is 0 Å². The Hall–Kier alpha value is 2.30. The minimum atomic E-state index is -2.68. The molecule has 18 heteroatoms. The SMILES string of the molecule is COP(=[Se])(OC)N(c1ccc(N(P(=[Se])(OC)OC)P(=[Se])(OC)OC)cc1)P(=[Se])(OC)OC. The van der Waals surface area contributed by atoms with Gasteiger partial charge in [0.25, 0.3) is 0 Å². The first-order chi connectivity index (χ1) is 14.9. The van der Waals surface area contributed by atoms with Crippen LogP contribution < -0.4 is 8.88 Å². The van der Waals surface area contributed by atoms with E-state index < -0.39 is 24.5 Å². The van der Waals surface area contributed by atoms with Crippen LogP contribution in [-0.2, 0) is 36.2 Å². The summed E-state index contributed by atoms with van der Waals surface area (Å²) < 4.78 is 49.5. The first kappa shape index (κ1) is 32.3. The average Bonchev–Trinajstić information content (AvgIpc) is 2.84. The molecule has 1 aromatic rings. The summed E-state index contributed by atoms with van der Waals surface area (Å²) in [6.07, 6.45) is -10.7. The van der Waals surface area contributed by atoms with Crippen LogP contribution in [0.4, 0.5) is 11.4 Å². The van der Waals surface area contributed by atoms with Gasteiger partial charge in [0.15, 0.2) is 0 Å². The predicted octanol–water partition coefficient (Wildman–Crippen LogP) is 3.86. The molecule has 0 saturated carbocycles. The number of rotatable bonds is 14. The fourth-order valence-electron chi connectivity index (χ4n) is 2.47. The summed E-state index contributed by atoms with van der Waals surface area (Å²) >= 11 is 12.1. The van der Waals surface area contributed by atoms with Crippen LogP contribution in [0, 0.1) is 0 Å². The van der Waals surface area contributed by atoms with Gasteiger partial charge in [-0.05, 0) is 0 Å². The molecule has 0 saturated heterocycles. The van der Waals surface area contributed by atoms with E-state index in [0.717, 1.165) is 11.4 Å². The van der Waals surface area contributed by atoms with E-state index in [1.165, 1.54) is 0 Å². The van der Waals surface area contributed by atoms with Crippen LogP contribution in [0.1, 0.15) is 0 Å². The molecule has 1 rings (SSSR count). The van der Waals surface area contributed by atoms with Gasteiger partial charge in [-0.15, -0.1) is 0 Å². The van der Waals surface area contributed by atoms with E-state index in [9.17, 15) is 0 Å². The zero-order chi connectivity index (χ0) is 24.8. The Morgan fingerprint density at radius 3 is 0.719 bits per heavy atom. The van der Waals surface area contributed by atoms with E-state index >= 15 is 0 Å². The molecule has 32 heavy (non-hydrogen) atoms. The summed E-state index contributed by atoms with van der Waals surface area (Å²) in [6.45, 7) is 0. The van der Waals surface area contributed by atoms with Crippen molar-refractivity contribution in [3.63, 3.8) is 0 Å². The zero-order valence-electron chi connectivity index (χ0n) is 18.9. The number of hydrogen-bond acceptors (Lipinski definition) is 10. The number of hydrogen-bond donors (Lipinski definition) is 0. The molecular weight excluding hydrogens is 764 g/mol. The standard InChI is InChI=1S/C14H28N2O8P4Se4/c1-17-25(29,18-2)15(26(30,19-3)20-4)13-9-11-14(12-10-13)16(27(31,21-5)22-6)28(32,23-7)24-8/h9-12H,1-8H3. The predicted molar refractivity (Wildman–Crippen MR) is 138 cm³/mol. The number of benzene rings is 1. The summed E-state index contributed by atoms with van der Waals surface area (Å²) in [7, 11) is 12.5. The Morgan fingerprint density at radius 2 is 0.594 bits per heavy atom. The molecule has 0 bridgehead atoms. The molecule has 1 aromatic carbocycles. The third kappa shape index (κ3) is 6.78. The van der Waals surface area contributed by atoms with Gasteiger partial charge < -0.3 is 0 Å². The van der Waals surface area contributed by atoms with E-state index in [-0.39, 0.29) is 0 Å². The van der Waals surface area contributed by atoms with Crippen molar-refractivity contribution in [1.82, 2.24) is 0 Å². The summed E-state index contributed by atoms with van der Waals surface area (Å²) in [5.41, 5.74) is 1.50. The molecule has 0 atom stereocenters. The summed E-state index contributed by atoms with van der Waals surface area (Å²) in [6, 6.07) is 7.56. The Balaban J connectivity index is 3.74. The molecule has 0 amide bonds. The summed E-state index contributed by atoms with van der Waals surface area (Å²) in [5, 5.41) is 0. The van der Waals surface area contributed by atoms with Crippen molar-refractivity contribution in [2.24, 2.45) is 0 Å². The molecule has 0 unspecified atom stereocenters. The van der Waals surface area contributed by atoms with Gasteiger partial charge in [0.2, 0.25) is 0 Å². The molecule has 0 radical (unpaired) electrons. The van der Waals surface area contributed by atoms with Crippen molar-refractivity contribution in [3.05, 3.63) is 24.3 Å². The van der Waals surface area contributed by atoms with Crippen LogP contribution >= 0.6 is 24.5 Å². The molecule has 0 aliphatic carbocycles. The van der Waals surface area contributed by atoms with Gasteiger partial charge in [0.1, 0.15) is 0 Å². The molecule has 0 aromatic heterocycles. The van der Waals surface area contributed by atoms with Gasteiger partial charge in [-0.25, -0.2) is 0 Å². The second-order valence-electron chi connectivity index (χ2n) is 5.43. The Labute approximate surface area is 221 Å². The molecule has 10 nitrogen and oxygen atoms in total. The molecule has 186 valence electrons. The third-order valence-electron chi connectivity index (χ3n) is 4.09. The van der Waals surface area contributed by atoms with Gasteiger partial charge in [0.05, 0.1) is 0 Å². The van der Waals surface area contributed by atoms with Crippen molar-refractivity contribution in [3.8, 4) is 0 Å². The fraction of sp³-hybridized carbons (Fsp3) is 0.571. The van der Waals surface area contributed by atoms with E-state index in [4.69, 9.17) is 36.2 Å². The maximum atomic E-state index is 5.73. The topological polar surface area (TPSA) is 80.3 Å². The van der Waals surface area contributed by atoms with E-state index in [2.05, 4.69) is 60.4 Å². The van der Waals surface area contributed by atoms with Gasteiger partial charge in [0, 0.05) is 0 Å². The van der Waals surface area contributed by atoms with Gasteiger partial charge >= 0.3 is 222 Å². The van der Waals surface area contributed by atoms with Crippen molar-refractivity contribution in [2.45, 2.75) is 0 Å². The molecule has 0 fully saturated rings. The van der Waals surface area contributed by atoms with Crippen LogP contribution in [0.2, 0.25) is 0 Å². The third-order valence-corrected chi connectivity index (χ3v) is 28.3. The van der Waals surface area contributed by atoms with Crippen LogP contribution in [-0.4, -0.2) is 117 Å². The van der Waals surface area contributed by atoms with Crippen molar-refractivity contribution in [1.29, 1.82) is 0 Å². The summed E-state index contributed by atoms with van der Waals surface area (Å²) in [4.78, 5) is 0. The first-order valence-corrected chi connectivity index (χ1v) is 23.7. The van der Waals surface area contributed by atoms with Gasteiger partial charge in [-0.3, -0.25) is 0 Å². The fourth-order valence-corrected chi connectivity index (χ4v) is 23.7. The van der Waals surface area contributed by atoms with Crippen LogP contribution in [0.15, 0.2) is 24.3 Å². The number of nitrogens with zero attached hydrogens (tertiary/aromatic N) is 2. The molecule has 0 heterocycles. The van der Waals surface area contributed by atoms with Gasteiger partial charge in [-0.2, -0.15) is 0 Å². The quantitative estimate of drug-likeness (QED) is 0.205. The monoisotopic (exact) mass is 796 g/mol. The Kier molecular flexibility index (Phi) is 13.9. The second-order valence-corrected chi connectivity index (χ2v) is 25.9. The van der Waals surface area contributed by atoms with E-state index in [1.54, 1.807) is 56.9 Å². The van der Waals surface area contributed by atoms with E-state index in [1.807, 2.05) is 33.1 Å². The van der Waals surface area contributed by atoms with Crippen molar-refractivity contribution >= 4 is 96.2 Å². The Bertz CT molecular complexity index is 794. The normalized spacial score (nSPS) is 13.2. The zero-order valence-corrected chi connectivity index (χ0v) is 29.3. The molecule has 0 aliphatic rings. The number of anilines is 2. The van der Waals surface area contributed by atoms with E-state index in [0.29, 0.717) is 0 Å². The molecule has 0 aliphatic heterocycles. The molecule has 0 spiro atoms. The average molecular weight is 792 g/mol. The summed E-state index contributed by atoms with van der Waals surface area (Å²) in [5.74, 6) is 0. The van der Waals surface area contributed by atoms with Crippen molar-refractivity contribution in [2.75, 3.05) is 65.8 Å². The molecule has 0 N–H and O–H groups in total. The first-order valence-electron chi connectivity index (χ1n) is 8.53. The van der Waals surface area contributed by atoms with Gasteiger partial charge in [-0.1, -0.05) is 0 Å². The molecular formula is C14H28N2O8P4Se4. The second kappa shape index (κ2) is 13.7.